The summed E-state index contributed by atoms with van der Waals surface area (Å²) in [5.74, 6) is 0.803. The predicted molar refractivity (Wildman–Crippen MR) is 73.2 cm³/mol. The van der Waals surface area contributed by atoms with Gasteiger partial charge in [0.25, 0.3) is 0 Å². The van der Waals surface area contributed by atoms with Gasteiger partial charge in [-0.3, -0.25) is 4.68 Å². The molecule has 0 radical (unpaired) electrons. The van der Waals surface area contributed by atoms with Crippen molar-refractivity contribution in [1.29, 1.82) is 0 Å². The maximum Gasteiger partial charge on any atom is 0.124 e. The van der Waals surface area contributed by atoms with Crippen LogP contribution in [-0.4, -0.2) is 16.1 Å². The molecule has 1 heterocycles. The van der Waals surface area contributed by atoms with E-state index in [4.69, 9.17) is 4.74 Å². The monoisotopic (exact) mass is 258 g/mol. The molecular weight excluding hydrogens is 240 g/mol. The van der Waals surface area contributed by atoms with E-state index in [0.717, 1.165) is 34.6 Å². The molecule has 0 aliphatic carbocycles. The van der Waals surface area contributed by atoms with E-state index >= 15 is 0 Å². The van der Waals surface area contributed by atoms with Gasteiger partial charge in [0.15, 0.2) is 0 Å². The Bertz CT molecular complexity index is 571. The van der Waals surface area contributed by atoms with Crippen molar-refractivity contribution in [2.24, 2.45) is 7.05 Å². The van der Waals surface area contributed by atoms with Crippen molar-refractivity contribution in [1.82, 2.24) is 9.78 Å². The highest BCUT2D eigenvalue weighted by Gasteiger charge is 2.09. The quantitative estimate of drug-likeness (QED) is 0.773. The molecule has 0 unspecified atom stereocenters. The van der Waals surface area contributed by atoms with Crippen molar-refractivity contribution in [2.45, 2.75) is 26.9 Å². The number of hydrogen-bond donors (Lipinski definition) is 0. The predicted octanol–water partition coefficient (Wildman–Crippen LogP) is 2.36. The minimum atomic E-state index is 0.446. The molecule has 0 N–H and O–H groups in total. The number of aldehydes is 1. The second-order valence-corrected chi connectivity index (χ2v) is 4.58. The molecule has 100 valence electrons. The third-order valence-corrected chi connectivity index (χ3v) is 3.28. The van der Waals surface area contributed by atoms with Gasteiger partial charge in [0.2, 0.25) is 0 Å². The van der Waals surface area contributed by atoms with Crippen molar-refractivity contribution in [3.8, 4) is 5.75 Å². The van der Waals surface area contributed by atoms with E-state index in [-0.39, 0.29) is 0 Å². The number of benzene rings is 1. The van der Waals surface area contributed by atoms with Crippen LogP contribution >= 0.6 is 0 Å². The minimum absolute atomic E-state index is 0.446. The van der Waals surface area contributed by atoms with Gasteiger partial charge in [-0.2, -0.15) is 5.10 Å². The summed E-state index contributed by atoms with van der Waals surface area (Å²) in [5.41, 5.74) is 4.24. The first-order chi connectivity index (χ1) is 9.11. The van der Waals surface area contributed by atoms with Gasteiger partial charge < -0.3 is 9.53 Å². The summed E-state index contributed by atoms with van der Waals surface area (Å²) in [5, 5.41) is 4.36. The topological polar surface area (TPSA) is 44.1 Å². The Morgan fingerprint density at radius 1 is 1.26 bits per heavy atom. The molecular formula is C15H18N2O2. The van der Waals surface area contributed by atoms with Gasteiger partial charge in [-0.25, -0.2) is 0 Å². The van der Waals surface area contributed by atoms with E-state index in [1.165, 1.54) is 0 Å². The van der Waals surface area contributed by atoms with Crippen LogP contribution < -0.4 is 4.74 Å². The fourth-order valence-electron chi connectivity index (χ4n) is 2.00. The molecule has 1 aromatic carbocycles. The van der Waals surface area contributed by atoms with Gasteiger partial charge in [0, 0.05) is 24.7 Å². The first-order valence-electron chi connectivity index (χ1n) is 6.26. The van der Waals surface area contributed by atoms with Crippen molar-refractivity contribution >= 4 is 6.29 Å². The lowest BCUT2D eigenvalue weighted by molar-refractivity contribution is -0.107. The first-order valence-corrected chi connectivity index (χ1v) is 6.26. The zero-order valence-electron chi connectivity index (χ0n) is 11.5. The maximum absolute atomic E-state index is 10.4. The Kier molecular flexibility index (Phi) is 4.00. The fourth-order valence-corrected chi connectivity index (χ4v) is 2.00. The van der Waals surface area contributed by atoms with Crippen molar-refractivity contribution in [2.75, 3.05) is 0 Å². The van der Waals surface area contributed by atoms with Crippen LogP contribution in [0.3, 0.4) is 0 Å². The zero-order valence-corrected chi connectivity index (χ0v) is 11.5. The number of carbonyl (C=O) groups is 1. The lowest BCUT2D eigenvalue weighted by Gasteiger charge is -2.07. The Labute approximate surface area is 113 Å². The van der Waals surface area contributed by atoms with Crippen LogP contribution in [0.5, 0.6) is 5.75 Å². The standard InChI is InChI=1S/C15H18N2O2/c1-11-15(12(2)17(3)16-11)10-19-14-6-4-13(5-7-14)8-9-18/h4-7,9H,8,10H2,1-3H3. The highest BCUT2D eigenvalue weighted by molar-refractivity contribution is 5.55. The molecule has 0 aliphatic heterocycles. The van der Waals surface area contributed by atoms with Gasteiger partial charge in [-0.05, 0) is 31.5 Å². The van der Waals surface area contributed by atoms with Crippen LogP contribution in [0.4, 0.5) is 0 Å². The molecule has 0 atom stereocenters. The number of aryl methyl sites for hydroxylation is 2. The molecule has 0 spiro atoms. The number of nitrogens with zero attached hydrogens (tertiary/aromatic N) is 2. The van der Waals surface area contributed by atoms with Crippen LogP contribution in [0.15, 0.2) is 24.3 Å². The first kappa shape index (κ1) is 13.3. The van der Waals surface area contributed by atoms with Crippen LogP contribution in [-0.2, 0) is 24.9 Å². The van der Waals surface area contributed by atoms with Gasteiger partial charge in [-0.1, -0.05) is 12.1 Å². The van der Waals surface area contributed by atoms with Gasteiger partial charge >= 0.3 is 0 Å². The lowest BCUT2D eigenvalue weighted by Crippen LogP contribution is -1.99. The molecule has 0 bridgehead atoms. The van der Waals surface area contributed by atoms with E-state index in [0.29, 0.717) is 13.0 Å². The second kappa shape index (κ2) is 5.69. The molecule has 4 heteroatoms. The summed E-state index contributed by atoms with van der Waals surface area (Å²) in [6.45, 7) is 4.53. The molecule has 0 saturated carbocycles. The van der Waals surface area contributed by atoms with Crippen LogP contribution in [0, 0.1) is 13.8 Å². The Morgan fingerprint density at radius 2 is 1.95 bits per heavy atom. The number of ether oxygens (including phenoxy) is 1. The molecule has 19 heavy (non-hydrogen) atoms. The van der Waals surface area contributed by atoms with Gasteiger partial charge in [-0.15, -0.1) is 0 Å². The smallest absolute Gasteiger partial charge is 0.124 e. The van der Waals surface area contributed by atoms with E-state index in [1.54, 1.807) is 0 Å². The summed E-state index contributed by atoms with van der Waals surface area (Å²) in [6, 6.07) is 7.60. The molecule has 0 amide bonds. The number of carbonyl (C=O) groups excluding carboxylic acids is 1. The minimum Gasteiger partial charge on any atom is -0.489 e. The summed E-state index contributed by atoms with van der Waals surface area (Å²) in [4.78, 5) is 10.4. The van der Waals surface area contributed by atoms with E-state index in [2.05, 4.69) is 5.10 Å². The third kappa shape index (κ3) is 3.02. The Hall–Kier alpha value is -2.10. The van der Waals surface area contributed by atoms with Crippen LogP contribution in [0.2, 0.25) is 0 Å². The largest absolute Gasteiger partial charge is 0.489 e. The van der Waals surface area contributed by atoms with Crippen LogP contribution in [0.25, 0.3) is 0 Å². The summed E-state index contributed by atoms with van der Waals surface area (Å²) in [6.07, 6.45) is 1.35. The normalized spacial score (nSPS) is 10.5. The summed E-state index contributed by atoms with van der Waals surface area (Å²) < 4.78 is 7.62. The van der Waals surface area contributed by atoms with E-state index in [1.807, 2.05) is 49.8 Å². The maximum atomic E-state index is 10.4. The van der Waals surface area contributed by atoms with Crippen molar-refractivity contribution in [3.05, 3.63) is 46.8 Å². The number of rotatable bonds is 5. The highest BCUT2D eigenvalue weighted by Crippen LogP contribution is 2.17. The van der Waals surface area contributed by atoms with Crippen LogP contribution in [0.1, 0.15) is 22.5 Å². The molecule has 0 aliphatic rings. The average Bonchev–Trinajstić information content (AvgIpc) is 2.64. The van der Waals surface area contributed by atoms with E-state index < -0.39 is 0 Å². The molecule has 0 fully saturated rings. The fraction of sp³-hybridized carbons (Fsp3) is 0.333. The Morgan fingerprint density at radius 3 is 2.47 bits per heavy atom. The summed E-state index contributed by atoms with van der Waals surface area (Å²) >= 11 is 0. The van der Waals surface area contributed by atoms with E-state index in [9.17, 15) is 4.79 Å². The third-order valence-electron chi connectivity index (χ3n) is 3.28. The van der Waals surface area contributed by atoms with Gasteiger partial charge in [0.1, 0.15) is 18.6 Å². The Balaban J connectivity index is 2.04. The highest BCUT2D eigenvalue weighted by atomic mass is 16.5. The SMILES string of the molecule is Cc1nn(C)c(C)c1COc1ccc(CC=O)cc1. The second-order valence-electron chi connectivity index (χ2n) is 4.58. The van der Waals surface area contributed by atoms with Gasteiger partial charge in [0.05, 0.1) is 5.69 Å². The number of hydrogen-bond acceptors (Lipinski definition) is 3. The number of aromatic nitrogens is 2. The molecule has 1 aromatic heterocycles. The average molecular weight is 258 g/mol. The molecule has 2 aromatic rings. The van der Waals surface area contributed by atoms with Crippen molar-refractivity contribution in [3.63, 3.8) is 0 Å². The summed E-state index contributed by atoms with van der Waals surface area (Å²) in [7, 11) is 1.93. The molecule has 4 nitrogen and oxygen atoms in total. The lowest BCUT2D eigenvalue weighted by atomic mass is 10.1. The molecule has 0 saturated heterocycles. The molecule has 2 rings (SSSR count). The zero-order chi connectivity index (χ0) is 13.8. The van der Waals surface area contributed by atoms with Crippen molar-refractivity contribution < 1.29 is 9.53 Å².